The highest BCUT2D eigenvalue weighted by atomic mass is 16.5. The van der Waals surface area contributed by atoms with Crippen LogP contribution in [0.5, 0.6) is 11.5 Å². The Hall–Kier alpha value is -2.82. The summed E-state index contributed by atoms with van der Waals surface area (Å²) in [6.45, 7) is 2.66. The first kappa shape index (κ1) is 19.9. The minimum absolute atomic E-state index is 0.0481. The van der Waals surface area contributed by atoms with Gasteiger partial charge >= 0.3 is 0 Å². The van der Waals surface area contributed by atoms with E-state index in [1.807, 2.05) is 55.5 Å². The van der Waals surface area contributed by atoms with Crippen LogP contribution in [0.25, 0.3) is 0 Å². The van der Waals surface area contributed by atoms with Crippen molar-refractivity contribution in [1.29, 1.82) is 0 Å². The highest BCUT2D eigenvalue weighted by Crippen LogP contribution is 2.19. The molecule has 5 nitrogen and oxygen atoms in total. The summed E-state index contributed by atoms with van der Waals surface area (Å²) in [5.41, 5.74) is 1.83. The smallest absolute Gasteiger partial charge is 0.258 e. The van der Waals surface area contributed by atoms with Crippen molar-refractivity contribution in [3.63, 3.8) is 0 Å². The molecule has 0 aromatic heterocycles. The minimum Gasteiger partial charge on any atom is -0.494 e. The van der Waals surface area contributed by atoms with Gasteiger partial charge < -0.3 is 14.8 Å². The van der Waals surface area contributed by atoms with E-state index in [4.69, 9.17) is 9.47 Å². The Kier molecular flexibility index (Phi) is 7.47. The highest BCUT2D eigenvalue weighted by Gasteiger charge is 2.15. The number of nitrogens with zero attached hydrogens (tertiary/aromatic N) is 1. The Bertz CT molecular complexity index is 763. The van der Waals surface area contributed by atoms with Gasteiger partial charge in [0.15, 0.2) is 6.61 Å². The molecule has 1 amide bonds. The first-order valence-corrected chi connectivity index (χ1v) is 10.0. The summed E-state index contributed by atoms with van der Waals surface area (Å²) in [5, 5.41) is 3.06. The number of hydrogen-bond acceptors (Lipinski definition) is 4. The first-order chi connectivity index (χ1) is 13.7. The Morgan fingerprint density at radius 3 is 2.32 bits per heavy atom. The van der Waals surface area contributed by atoms with E-state index in [-0.39, 0.29) is 12.5 Å². The van der Waals surface area contributed by atoms with Crippen LogP contribution < -0.4 is 14.8 Å². The van der Waals surface area contributed by atoms with Gasteiger partial charge in [0.1, 0.15) is 11.5 Å². The normalized spacial score (nSPS) is 14.8. The Morgan fingerprint density at radius 1 is 1.00 bits per heavy atom. The Morgan fingerprint density at radius 2 is 1.64 bits per heavy atom. The number of nitrogens with one attached hydrogen (secondary N) is 1. The van der Waals surface area contributed by atoms with E-state index >= 15 is 0 Å². The summed E-state index contributed by atoms with van der Waals surface area (Å²) in [4.78, 5) is 16.5. The fourth-order valence-corrected chi connectivity index (χ4v) is 3.26. The van der Waals surface area contributed by atoms with E-state index in [0.29, 0.717) is 18.4 Å². The summed E-state index contributed by atoms with van der Waals surface area (Å²) in [7, 11) is 0. The second kappa shape index (κ2) is 10.5. The molecule has 2 aromatic rings. The minimum atomic E-state index is -0.0481. The van der Waals surface area contributed by atoms with E-state index in [9.17, 15) is 4.79 Å². The fourth-order valence-electron chi connectivity index (χ4n) is 3.26. The maximum Gasteiger partial charge on any atom is 0.258 e. The molecule has 1 fully saturated rings. The van der Waals surface area contributed by atoms with Crippen LogP contribution in [0.15, 0.2) is 53.5 Å². The van der Waals surface area contributed by atoms with Crippen LogP contribution in [0, 0.1) is 0 Å². The van der Waals surface area contributed by atoms with Gasteiger partial charge in [0, 0.05) is 12.3 Å². The van der Waals surface area contributed by atoms with Crippen LogP contribution in [0.3, 0.4) is 0 Å². The molecular weight excluding hydrogens is 352 g/mol. The zero-order chi connectivity index (χ0) is 19.6. The van der Waals surface area contributed by atoms with Crippen molar-refractivity contribution < 1.29 is 14.3 Å². The number of ether oxygens (including phenoxy) is 2. The van der Waals surface area contributed by atoms with Crippen LogP contribution in [-0.4, -0.2) is 31.4 Å². The lowest BCUT2D eigenvalue weighted by Gasteiger charge is -2.22. The summed E-state index contributed by atoms with van der Waals surface area (Å²) < 4.78 is 11.0. The molecule has 5 heteroatoms. The summed E-state index contributed by atoms with van der Waals surface area (Å²) >= 11 is 0. The van der Waals surface area contributed by atoms with E-state index < -0.39 is 0 Å². The molecule has 0 unspecified atom stereocenters. The molecule has 1 aliphatic rings. The number of carbonyl (C=O) groups is 1. The monoisotopic (exact) mass is 380 g/mol. The molecule has 0 saturated heterocycles. The van der Waals surface area contributed by atoms with Gasteiger partial charge in [-0.1, -0.05) is 19.3 Å². The molecule has 0 atom stereocenters. The third kappa shape index (κ3) is 6.41. The van der Waals surface area contributed by atoms with Crippen molar-refractivity contribution in [2.75, 3.05) is 13.2 Å². The third-order valence-corrected chi connectivity index (χ3v) is 4.73. The van der Waals surface area contributed by atoms with Crippen molar-refractivity contribution in [3.05, 3.63) is 54.1 Å². The van der Waals surface area contributed by atoms with Crippen LogP contribution in [0.1, 0.15) is 44.6 Å². The van der Waals surface area contributed by atoms with Gasteiger partial charge in [-0.05, 0) is 73.9 Å². The lowest BCUT2D eigenvalue weighted by atomic mass is 9.95. The molecule has 0 aliphatic heterocycles. The summed E-state index contributed by atoms with van der Waals surface area (Å²) in [6.07, 6.45) is 7.63. The summed E-state index contributed by atoms with van der Waals surface area (Å²) in [6, 6.07) is 15.5. The quantitative estimate of drug-likeness (QED) is 0.678. The van der Waals surface area contributed by atoms with Gasteiger partial charge in [0.05, 0.1) is 12.3 Å². The molecule has 28 heavy (non-hydrogen) atoms. The van der Waals surface area contributed by atoms with Gasteiger partial charge in [-0.2, -0.15) is 0 Å². The van der Waals surface area contributed by atoms with Crippen LogP contribution >= 0.6 is 0 Å². The molecule has 0 bridgehead atoms. The zero-order valence-electron chi connectivity index (χ0n) is 16.4. The molecular formula is C23H28N2O3. The molecule has 1 saturated carbocycles. The van der Waals surface area contributed by atoms with Crippen LogP contribution in [0.4, 0.5) is 5.69 Å². The molecule has 1 N–H and O–H groups in total. The molecule has 0 heterocycles. The molecule has 148 valence electrons. The molecule has 3 rings (SSSR count). The van der Waals surface area contributed by atoms with Crippen LogP contribution in [-0.2, 0) is 4.79 Å². The number of carbonyl (C=O) groups excluding carboxylic acids is 1. The maximum absolute atomic E-state index is 12.0. The Labute approximate surface area is 166 Å². The largest absolute Gasteiger partial charge is 0.494 e. The van der Waals surface area contributed by atoms with E-state index in [0.717, 1.165) is 29.8 Å². The second-order valence-corrected chi connectivity index (χ2v) is 6.95. The summed E-state index contributed by atoms with van der Waals surface area (Å²) in [5.74, 6) is 1.47. The van der Waals surface area contributed by atoms with E-state index in [1.165, 1.54) is 19.3 Å². The van der Waals surface area contributed by atoms with E-state index in [2.05, 4.69) is 10.3 Å². The van der Waals surface area contributed by atoms with Gasteiger partial charge in [-0.3, -0.25) is 9.79 Å². The number of rotatable bonds is 8. The highest BCUT2D eigenvalue weighted by molar-refractivity contribution is 5.82. The predicted molar refractivity (Wildman–Crippen MR) is 112 cm³/mol. The zero-order valence-corrected chi connectivity index (χ0v) is 16.4. The number of aliphatic imine (C=N–C) groups is 1. The topological polar surface area (TPSA) is 59.9 Å². The number of hydrogen-bond donors (Lipinski definition) is 1. The lowest BCUT2D eigenvalue weighted by molar-refractivity contribution is -0.124. The number of amides is 1. The van der Waals surface area contributed by atoms with Crippen molar-refractivity contribution in [2.45, 2.75) is 45.1 Å². The predicted octanol–water partition coefficient (Wildman–Crippen LogP) is 4.66. The van der Waals surface area contributed by atoms with Crippen LogP contribution in [0.2, 0.25) is 0 Å². The Balaban J connectivity index is 1.45. The fraction of sp³-hybridized carbons (Fsp3) is 0.391. The average molecular weight is 380 g/mol. The van der Waals surface area contributed by atoms with E-state index in [1.54, 1.807) is 6.21 Å². The van der Waals surface area contributed by atoms with Gasteiger partial charge in [-0.25, -0.2) is 0 Å². The molecule has 2 aromatic carbocycles. The second-order valence-electron chi connectivity index (χ2n) is 6.95. The molecule has 0 spiro atoms. The van der Waals surface area contributed by atoms with Crippen molar-refractivity contribution in [1.82, 2.24) is 5.32 Å². The number of benzene rings is 2. The van der Waals surface area contributed by atoms with Crippen molar-refractivity contribution in [3.8, 4) is 11.5 Å². The van der Waals surface area contributed by atoms with Crippen molar-refractivity contribution in [2.24, 2.45) is 4.99 Å². The molecule has 1 aliphatic carbocycles. The first-order valence-electron chi connectivity index (χ1n) is 10.0. The van der Waals surface area contributed by atoms with Gasteiger partial charge in [0.2, 0.25) is 0 Å². The standard InChI is InChI=1S/C23H28N2O3/c1-2-27-21-14-10-19(11-15-21)24-16-18-8-12-22(13-9-18)28-17-23(26)25-20-6-4-3-5-7-20/h8-16,20H,2-7,17H2,1H3,(H,25,26). The average Bonchev–Trinajstić information content (AvgIpc) is 2.73. The third-order valence-electron chi connectivity index (χ3n) is 4.73. The maximum atomic E-state index is 12.0. The van der Waals surface area contributed by atoms with Gasteiger partial charge in [0.25, 0.3) is 5.91 Å². The van der Waals surface area contributed by atoms with Gasteiger partial charge in [-0.15, -0.1) is 0 Å². The SMILES string of the molecule is CCOc1ccc(N=Cc2ccc(OCC(=O)NC3CCCCC3)cc2)cc1. The lowest BCUT2D eigenvalue weighted by Crippen LogP contribution is -2.38. The van der Waals surface area contributed by atoms with Crippen molar-refractivity contribution >= 4 is 17.8 Å². The molecule has 0 radical (unpaired) electrons.